The number of aryl methyl sites for hydroxylation is 2. The van der Waals surface area contributed by atoms with E-state index < -0.39 is 5.60 Å². The average molecular weight is 287 g/mol. The van der Waals surface area contributed by atoms with Gasteiger partial charge in [-0.2, -0.15) is 5.10 Å². The number of hydrogen-bond donors (Lipinski definition) is 0. The van der Waals surface area contributed by atoms with Gasteiger partial charge in [-0.05, 0) is 24.6 Å². The number of benzene rings is 1. The van der Waals surface area contributed by atoms with E-state index in [1.54, 1.807) is 11.6 Å². The fraction of sp³-hybridized carbons (Fsp3) is 0.467. The van der Waals surface area contributed by atoms with Gasteiger partial charge in [0, 0.05) is 19.9 Å². The molecule has 1 spiro atoms. The second-order valence-corrected chi connectivity index (χ2v) is 5.75. The lowest BCUT2D eigenvalue weighted by molar-refractivity contribution is -0.0607. The van der Waals surface area contributed by atoms with Crippen LogP contribution in [0.15, 0.2) is 23.0 Å². The molecule has 2 aromatic rings. The van der Waals surface area contributed by atoms with E-state index in [2.05, 4.69) is 5.10 Å². The maximum absolute atomic E-state index is 12.5. The summed E-state index contributed by atoms with van der Waals surface area (Å²) < 4.78 is 14.8. The molecule has 0 unspecified atom stereocenters. The summed E-state index contributed by atoms with van der Waals surface area (Å²) in [6.45, 7) is 3.23. The Labute approximate surface area is 121 Å². The van der Waals surface area contributed by atoms with Gasteiger partial charge >= 0.3 is 5.69 Å². The van der Waals surface area contributed by atoms with E-state index >= 15 is 0 Å². The Morgan fingerprint density at radius 2 is 2.05 bits per heavy atom. The minimum absolute atomic E-state index is 0.133. The molecule has 1 fully saturated rings. The molecule has 6 heteroatoms. The summed E-state index contributed by atoms with van der Waals surface area (Å²) in [5.74, 6) is 1.43. The molecule has 2 aliphatic rings. The number of ether oxygens (including phenoxy) is 2. The molecule has 4 rings (SSSR count). The topological polar surface area (TPSA) is 58.3 Å². The van der Waals surface area contributed by atoms with Crippen LogP contribution < -0.4 is 10.4 Å². The first-order valence-corrected chi connectivity index (χ1v) is 7.15. The number of aromatic nitrogens is 3. The summed E-state index contributed by atoms with van der Waals surface area (Å²) in [5.41, 5.74) is 1.18. The Kier molecular flexibility index (Phi) is 2.53. The van der Waals surface area contributed by atoms with E-state index in [-0.39, 0.29) is 5.69 Å². The molecule has 21 heavy (non-hydrogen) atoms. The number of hydrogen-bond acceptors (Lipinski definition) is 4. The molecule has 0 saturated carbocycles. The normalized spacial score (nSPS) is 19.0. The van der Waals surface area contributed by atoms with Gasteiger partial charge in [-0.15, -0.1) is 0 Å². The fourth-order valence-electron chi connectivity index (χ4n) is 3.15. The molecule has 0 aliphatic carbocycles. The van der Waals surface area contributed by atoms with E-state index in [9.17, 15) is 4.79 Å². The van der Waals surface area contributed by atoms with Gasteiger partial charge < -0.3 is 9.47 Å². The van der Waals surface area contributed by atoms with Crippen molar-refractivity contribution in [2.75, 3.05) is 13.2 Å². The number of rotatable bonds is 0. The largest absolute Gasteiger partial charge is 0.477 e. The molecule has 2 aliphatic heterocycles. The van der Waals surface area contributed by atoms with Crippen molar-refractivity contribution in [3.8, 4) is 11.4 Å². The van der Waals surface area contributed by atoms with Gasteiger partial charge in [0.25, 0.3) is 0 Å². The van der Waals surface area contributed by atoms with Crippen LogP contribution in [0.5, 0.6) is 5.75 Å². The van der Waals surface area contributed by atoms with E-state index in [0.29, 0.717) is 31.9 Å². The summed E-state index contributed by atoms with van der Waals surface area (Å²) in [5, 5.41) is 4.44. The zero-order valence-electron chi connectivity index (χ0n) is 12.1. The molecule has 0 amide bonds. The molecular formula is C15H17N3O3. The Hall–Kier alpha value is -2.08. The molecule has 110 valence electrons. The Bertz CT molecular complexity index is 769. The van der Waals surface area contributed by atoms with E-state index in [4.69, 9.17) is 9.47 Å². The first kappa shape index (κ1) is 12.6. The monoisotopic (exact) mass is 287 g/mol. The number of nitrogens with zero attached hydrogens (tertiary/aromatic N) is 3. The summed E-state index contributed by atoms with van der Waals surface area (Å²) in [4.78, 5) is 12.5. The predicted molar refractivity (Wildman–Crippen MR) is 75.9 cm³/mol. The highest BCUT2D eigenvalue weighted by Crippen LogP contribution is 2.42. The Morgan fingerprint density at radius 1 is 1.29 bits per heavy atom. The quantitative estimate of drug-likeness (QED) is 0.732. The van der Waals surface area contributed by atoms with Crippen molar-refractivity contribution in [3.05, 3.63) is 40.1 Å². The lowest BCUT2D eigenvalue weighted by atomic mass is 9.91. The number of fused-ring (bicyclic) bond motifs is 4. The second kappa shape index (κ2) is 4.21. The summed E-state index contributed by atoms with van der Waals surface area (Å²) in [6.07, 6.45) is 1.41. The maximum atomic E-state index is 12.5. The van der Waals surface area contributed by atoms with Crippen LogP contribution in [0.25, 0.3) is 5.69 Å². The molecule has 3 heterocycles. The molecule has 0 radical (unpaired) electrons. The molecule has 1 saturated heterocycles. The lowest BCUT2D eigenvalue weighted by Crippen LogP contribution is -2.45. The lowest BCUT2D eigenvalue weighted by Gasteiger charge is -2.40. The van der Waals surface area contributed by atoms with Gasteiger partial charge in [0.15, 0.2) is 11.4 Å². The zero-order valence-corrected chi connectivity index (χ0v) is 12.1. The van der Waals surface area contributed by atoms with Gasteiger partial charge in [0.1, 0.15) is 5.75 Å². The van der Waals surface area contributed by atoms with E-state index in [1.165, 1.54) is 4.68 Å². The van der Waals surface area contributed by atoms with Gasteiger partial charge in [0.05, 0.1) is 18.9 Å². The van der Waals surface area contributed by atoms with Crippen LogP contribution in [-0.4, -0.2) is 27.6 Å². The fourth-order valence-corrected chi connectivity index (χ4v) is 3.15. The SMILES string of the molecule is Cc1ccc2c(c1)-n1c(nn(C)c1=O)C1(CCOCC1)O2. The van der Waals surface area contributed by atoms with E-state index in [1.807, 2.05) is 25.1 Å². The highest BCUT2D eigenvalue weighted by molar-refractivity contribution is 5.52. The molecular weight excluding hydrogens is 270 g/mol. The van der Waals surface area contributed by atoms with E-state index in [0.717, 1.165) is 17.0 Å². The van der Waals surface area contributed by atoms with Crippen molar-refractivity contribution < 1.29 is 9.47 Å². The third-order valence-corrected chi connectivity index (χ3v) is 4.29. The highest BCUT2D eigenvalue weighted by Gasteiger charge is 2.46. The van der Waals surface area contributed by atoms with Crippen molar-refractivity contribution in [2.24, 2.45) is 7.05 Å². The standard InChI is InChI=1S/C15H17N3O3/c1-10-3-4-12-11(9-10)18-13(16-17(2)14(18)19)15(21-12)5-7-20-8-6-15/h3-4,9H,5-8H2,1-2H3. The third kappa shape index (κ3) is 1.68. The second-order valence-electron chi connectivity index (χ2n) is 5.75. The average Bonchev–Trinajstić information content (AvgIpc) is 2.79. The molecule has 6 nitrogen and oxygen atoms in total. The van der Waals surface area contributed by atoms with Crippen LogP contribution in [0.4, 0.5) is 0 Å². The van der Waals surface area contributed by atoms with Crippen molar-refractivity contribution >= 4 is 0 Å². The van der Waals surface area contributed by atoms with Crippen LogP contribution in [0.2, 0.25) is 0 Å². The van der Waals surface area contributed by atoms with Crippen molar-refractivity contribution in [1.29, 1.82) is 0 Å². The summed E-state index contributed by atoms with van der Waals surface area (Å²) >= 11 is 0. The smallest absolute Gasteiger partial charge is 0.350 e. The van der Waals surface area contributed by atoms with Gasteiger partial charge in [-0.3, -0.25) is 0 Å². The van der Waals surface area contributed by atoms with Crippen LogP contribution in [0.1, 0.15) is 24.2 Å². The Morgan fingerprint density at radius 3 is 2.81 bits per heavy atom. The maximum Gasteiger partial charge on any atom is 0.350 e. The van der Waals surface area contributed by atoms with Gasteiger partial charge in [0.2, 0.25) is 0 Å². The predicted octanol–water partition coefficient (Wildman–Crippen LogP) is 1.28. The van der Waals surface area contributed by atoms with Crippen molar-refractivity contribution in [2.45, 2.75) is 25.4 Å². The summed E-state index contributed by atoms with van der Waals surface area (Å²) in [6, 6.07) is 5.90. The first-order chi connectivity index (χ1) is 10.1. The van der Waals surface area contributed by atoms with Crippen LogP contribution in [0, 0.1) is 6.92 Å². The van der Waals surface area contributed by atoms with Crippen LogP contribution in [0.3, 0.4) is 0 Å². The molecule has 0 bridgehead atoms. The van der Waals surface area contributed by atoms with Crippen molar-refractivity contribution in [3.63, 3.8) is 0 Å². The third-order valence-electron chi connectivity index (χ3n) is 4.29. The Balaban J connectivity index is 2.01. The highest BCUT2D eigenvalue weighted by atomic mass is 16.5. The van der Waals surface area contributed by atoms with Gasteiger partial charge in [-0.25, -0.2) is 14.0 Å². The van der Waals surface area contributed by atoms with Crippen LogP contribution in [-0.2, 0) is 17.4 Å². The molecule has 1 aromatic carbocycles. The van der Waals surface area contributed by atoms with Crippen molar-refractivity contribution in [1.82, 2.24) is 14.3 Å². The molecule has 0 atom stereocenters. The first-order valence-electron chi connectivity index (χ1n) is 7.15. The van der Waals surface area contributed by atoms with Gasteiger partial charge in [-0.1, -0.05) is 6.07 Å². The molecule has 0 N–H and O–H groups in total. The summed E-state index contributed by atoms with van der Waals surface area (Å²) in [7, 11) is 1.68. The minimum Gasteiger partial charge on any atom is -0.477 e. The zero-order chi connectivity index (χ0) is 14.6. The van der Waals surface area contributed by atoms with Crippen LogP contribution >= 0.6 is 0 Å². The molecule has 1 aromatic heterocycles. The minimum atomic E-state index is -0.555.